The first-order chi connectivity index (χ1) is 11.6. The first kappa shape index (κ1) is 19.1. The molecule has 1 amide bonds. The van der Waals surface area contributed by atoms with E-state index in [9.17, 15) is 22.8 Å². The predicted molar refractivity (Wildman–Crippen MR) is 89.7 cm³/mol. The average molecular weight is 393 g/mol. The van der Waals surface area contributed by atoms with Gasteiger partial charge in [-0.25, -0.2) is 4.98 Å². The molecule has 25 heavy (non-hydrogen) atoms. The molecule has 0 bridgehead atoms. The van der Waals surface area contributed by atoms with Crippen molar-refractivity contribution in [2.75, 3.05) is 11.1 Å². The summed E-state index contributed by atoms with van der Waals surface area (Å²) in [7, 11) is 0. The van der Waals surface area contributed by atoms with Gasteiger partial charge in [-0.05, 0) is 25.1 Å². The van der Waals surface area contributed by atoms with E-state index in [0.717, 1.165) is 36.0 Å². The summed E-state index contributed by atoms with van der Waals surface area (Å²) < 4.78 is 38.2. The van der Waals surface area contributed by atoms with Crippen LogP contribution in [-0.4, -0.2) is 21.1 Å². The summed E-state index contributed by atoms with van der Waals surface area (Å²) in [6.45, 7) is 1.49. The predicted octanol–water partition coefficient (Wildman–Crippen LogP) is 3.14. The number of thioether (sulfide) groups is 1. The van der Waals surface area contributed by atoms with E-state index in [0.29, 0.717) is 0 Å². The Morgan fingerprint density at radius 3 is 2.68 bits per heavy atom. The normalized spacial score (nSPS) is 12.7. The van der Waals surface area contributed by atoms with E-state index in [4.69, 9.17) is 17.3 Å². The molecule has 1 heterocycles. The number of aromatic nitrogens is 2. The van der Waals surface area contributed by atoms with Gasteiger partial charge in [0.1, 0.15) is 5.82 Å². The van der Waals surface area contributed by atoms with Crippen LogP contribution >= 0.6 is 23.4 Å². The minimum atomic E-state index is -4.56. The maximum absolute atomic E-state index is 12.7. The maximum Gasteiger partial charge on any atom is 0.416 e. The number of alkyl halides is 3. The highest BCUT2D eigenvalue weighted by Gasteiger charge is 2.31. The van der Waals surface area contributed by atoms with Gasteiger partial charge in [0.25, 0.3) is 5.56 Å². The molecule has 2 aromatic rings. The molecule has 6 nitrogen and oxygen atoms in total. The van der Waals surface area contributed by atoms with Gasteiger partial charge in [-0.3, -0.25) is 9.59 Å². The van der Waals surface area contributed by atoms with Gasteiger partial charge in [0, 0.05) is 6.07 Å². The Morgan fingerprint density at radius 1 is 1.40 bits per heavy atom. The summed E-state index contributed by atoms with van der Waals surface area (Å²) in [4.78, 5) is 29.8. The lowest BCUT2D eigenvalue weighted by atomic mass is 10.2. The highest BCUT2D eigenvalue weighted by Crippen LogP contribution is 2.34. The number of hydrogen-bond acceptors (Lipinski definition) is 5. The second-order valence-corrected chi connectivity index (χ2v) is 6.65. The number of halogens is 4. The third-order valence-electron chi connectivity index (χ3n) is 2.95. The SMILES string of the molecule is C[C@@H](Sc1nc(N)cc(=O)[nH]1)C(=O)Nc1cc(C(F)(F)F)ccc1Cl. The van der Waals surface area contributed by atoms with Crippen molar-refractivity contribution in [3.8, 4) is 0 Å². The molecule has 0 saturated carbocycles. The monoisotopic (exact) mass is 392 g/mol. The molecule has 0 aliphatic carbocycles. The van der Waals surface area contributed by atoms with Crippen LogP contribution in [0.15, 0.2) is 34.2 Å². The van der Waals surface area contributed by atoms with Crippen LogP contribution in [0, 0.1) is 0 Å². The van der Waals surface area contributed by atoms with Gasteiger partial charge in [-0.2, -0.15) is 13.2 Å². The molecule has 4 N–H and O–H groups in total. The van der Waals surface area contributed by atoms with Crippen LogP contribution in [0.3, 0.4) is 0 Å². The van der Waals surface area contributed by atoms with E-state index >= 15 is 0 Å². The van der Waals surface area contributed by atoms with Crippen molar-refractivity contribution in [2.24, 2.45) is 0 Å². The number of nitrogens with one attached hydrogen (secondary N) is 2. The summed E-state index contributed by atoms with van der Waals surface area (Å²) in [6.07, 6.45) is -4.56. The van der Waals surface area contributed by atoms with Crippen LogP contribution in [0.4, 0.5) is 24.7 Å². The van der Waals surface area contributed by atoms with Gasteiger partial charge in [0.05, 0.1) is 21.5 Å². The lowest BCUT2D eigenvalue weighted by molar-refractivity contribution is -0.137. The molecule has 2 rings (SSSR count). The van der Waals surface area contributed by atoms with E-state index < -0.39 is 28.5 Å². The zero-order chi connectivity index (χ0) is 18.8. The lowest BCUT2D eigenvalue weighted by Gasteiger charge is -2.14. The number of aromatic amines is 1. The van der Waals surface area contributed by atoms with E-state index in [-0.39, 0.29) is 21.7 Å². The molecule has 1 aromatic heterocycles. The van der Waals surface area contributed by atoms with Crippen LogP contribution in [0.1, 0.15) is 12.5 Å². The van der Waals surface area contributed by atoms with E-state index in [1.807, 2.05) is 0 Å². The van der Waals surface area contributed by atoms with Gasteiger partial charge >= 0.3 is 6.18 Å². The number of nitrogens with zero attached hydrogens (tertiary/aromatic N) is 1. The molecular formula is C14H12ClF3N4O2S. The number of nitrogen functional groups attached to an aromatic ring is 1. The molecular weight excluding hydrogens is 381 g/mol. The quantitative estimate of drug-likeness (QED) is 0.548. The number of rotatable bonds is 4. The van der Waals surface area contributed by atoms with Crippen molar-refractivity contribution < 1.29 is 18.0 Å². The molecule has 0 unspecified atom stereocenters. The Morgan fingerprint density at radius 2 is 2.08 bits per heavy atom. The Balaban J connectivity index is 2.14. The molecule has 0 aliphatic rings. The third kappa shape index (κ3) is 5.13. The minimum absolute atomic E-state index is 0.0141. The lowest BCUT2D eigenvalue weighted by Crippen LogP contribution is -2.23. The van der Waals surface area contributed by atoms with Crippen molar-refractivity contribution in [1.82, 2.24) is 9.97 Å². The van der Waals surface area contributed by atoms with Gasteiger partial charge in [-0.15, -0.1) is 0 Å². The molecule has 0 fully saturated rings. The topological polar surface area (TPSA) is 101 Å². The Bertz CT molecular complexity index is 857. The highest BCUT2D eigenvalue weighted by atomic mass is 35.5. The third-order valence-corrected chi connectivity index (χ3v) is 4.26. The van der Waals surface area contributed by atoms with Crippen molar-refractivity contribution in [2.45, 2.75) is 23.5 Å². The number of amides is 1. The van der Waals surface area contributed by atoms with Crippen LogP contribution in [-0.2, 0) is 11.0 Å². The molecule has 11 heteroatoms. The number of H-pyrrole nitrogens is 1. The fourth-order valence-electron chi connectivity index (χ4n) is 1.76. The number of benzene rings is 1. The largest absolute Gasteiger partial charge is 0.416 e. The zero-order valence-electron chi connectivity index (χ0n) is 12.6. The van der Waals surface area contributed by atoms with Crippen LogP contribution in [0.25, 0.3) is 0 Å². The van der Waals surface area contributed by atoms with Gasteiger partial charge in [-0.1, -0.05) is 23.4 Å². The molecule has 134 valence electrons. The van der Waals surface area contributed by atoms with Crippen molar-refractivity contribution in [3.05, 3.63) is 45.2 Å². The summed E-state index contributed by atoms with van der Waals surface area (Å²) in [6, 6.07) is 3.70. The standard InChI is InChI=1S/C14H12ClF3N4O2S/c1-6(25-13-21-10(19)5-11(23)22-13)12(24)20-9-4-7(14(16,17)18)2-3-8(9)15/h2-6H,1H3,(H,20,24)(H3,19,21,22,23)/t6-/m1/s1. The van der Waals surface area contributed by atoms with Crippen LogP contribution in [0.5, 0.6) is 0 Å². The molecule has 1 aromatic carbocycles. The number of carbonyl (C=O) groups excluding carboxylic acids is 1. The van der Waals surface area contributed by atoms with Gasteiger partial charge in [0.15, 0.2) is 5.16 Å². The Kier molecular flexibility index (Phi) is 5.63. The zero-order valence-corrected chi connectivity index (χ0v) is 14.2. The number of carbonyl (C=O) groups is 1. The first-order valence-corrected chi connectivity index (χ1v) is 8.03. The van der Waals surface area contributed by atoms with Gasteiger partial charge in [0.2, 0.25) is 5.91 Å². The Hall–Kier alpha value is -2.20. The number of anilines is 2. The molecule has 0 radical (unpaired) electrons. The summed E-state index contributed by atoms with van der Waals surface area (Å²) in [5, 5.41) is 1.63. The van der Waals surface area contributed by atoms with Crippen LogP contribution in [0.2, 0.25) is 5.02 Å². The van der Waals surface area contributed by atoms with Crippen molar-refractivity contribution >= 4 is 40.8 Å². The fourth-order valence-corrected chi connectivity index (χ4v) is 2.75. The van der Waals surface area contributed by atoms with Crippen molar-refractivity contribution in [3.63, 3.8) is 0 Å². The van der Waals surface area contributed by atoms with E-state index in [1.54, 1.807) is 0 Å². The highest BCUT2D eigenvalue weighted by molar-refractivity contribution is 8.00. The number of hydrogen-bond donors (Lipinski definition) is 3. The van der Waals surface area contributed by atoms with E-state index in [1.165, 1.54) is 6.92 Å². The smallest absolute Gasteiger partial charge is 0.383 e. The van der Waals surface area contributed by atoms with E-state index in [2.05, 4.69) is 15.3 Å². The van der Waals surface area contributed by atoms with Gasteiger partial charge < -0.3 is 16.0 Å². The maximum atomic E-state index is 12.7. The average Bonchev–Trinajstić information content (AvgIpc) is 2.47. The number of nitrogens with two attached hydrogens (primary N) is 1. The Labute approximate surface area is 149 Å². The molecule has 0 spiro atoms. The fraction of sp³-hybridized carbons (Fsp3) is 0.214. The summed E-state index contributed by atoms with van der Waals surface area (Å²) >= 11 is 6.72. The minimum Gasteiger partial charge on any atom is -0.383 e. The molecule has 0 saturated heterocycles. The van der Waals surface area contributed by atoms with Crippen molar-refractivity contribution in [1.29, 1.82) is 0 Å². The summed E-state index contributed by atoms with van der Waals surface area (Å²) in [5.74, 6) is -0.629. The molecule has 1 atom stereocenters. The second-order valence-electron chi connectivity index (χ2n) is 4.92. The first-order valence-electron chi connectivity index (χ1n) is 6.77. The molecule has 0 aliphatic heterocycles. The second kappa shape index (κ2) is 7.36. The summed E-state index contributed by atoms with van der Waals surface area (Å²) in [5.41, 5.74) is 3.86. The van der Waals surface area contributed by atoms with Crippen LogP contribution < -0.4 is 16.6 Å².